The van der Waals surface area contributed by atoms with Gasteiger partial charge in [0.15, 0.2) is 5.69 Å². The Labute approximate surface area is 172 Å². The number of carbonyl (C=O) groups is 1. The van der Waals surface area contributed by atoms with Crippen LogP contribution in [0.2, 0.25) is 5.02 Å². The fourth-order valence-electron chi connectivity index (χ4n) is 3.63. The molecule has 1 aliphatic rings. The Morgan fingerprint density at radius 2 is 1.83 bits per heavy atom. The van der Waals surface area contributed by atoms with Crippen LogP contribution >= 0.6 is 11.6 Å². The first-order valence-corrected chi connectivity index (χ1v) is 9.85. The van der Waals surface area contributed by atoms with E-state index >= 15 is 0 Å². The summed E-state index contributed by atoms with van der Waals surface area (Å²) in [5, 5.41) is 11.0. The van der Waals surface area contributed by atoms with Gasteiger partial charge in [-0.15, -0.1) is 0 Å². The zero-order chi connectivity index (χ0) is 20.2. The average molecular weight is 413 g/mol. The highest BCUT2D eigenvalue weighted by molar-refractivity contribution is 6.31. The fraction of sp³-hybridized carbons (Fsp3) is 0.286. The molecule has 1 fully saturated rings. The third kappa shape index (κ3) is 4.17. The lowest BCUT2D eigenvalue weighted by atomic mass is 10.0. The number of H-pyrrole nitrogens is 1. The molecule has 1 aliphatic heterocycles. The summed E-state index contributed by atoms with van der Waals surface area (Å²) in [4.78, 5) is 27.1. The van der Waals surface area contributed by atoms with Crippen LogP contribution < -0.4 is 10.9 Å². The monoisotopic (exact) mass is 412 g/mol. The van der Waals surface area contributed by atoms with Crippen molar-refractivity contribution in [3.05, 3.63) is 75.2 Å². The maximum atomic E-state index is 12.9. The van der Waals surface area contributed by atoms with Crippen molar-refractivity contribution in [1.29, 1.82) is 0 Å². The Hall–Kier alpha value is -2.74. The number of hydrogen-bond acceptors (Lipinski definition) is 5. The second-order valence-corrected chi connectivity index (χ2v) is 7.25. The number of morpholine rings is 1. The first kappa shape index (κ1) is 19.6. The van der Waals surface area contributed by atoms with Crippen LogP contribution in [0.4, 0.5) is 0 Å². The van der Waals surface area contributed by atoms with E-state index < -0.39 is 0 Å². The molecular weight excluding hydrogens is 392 g/mol. The minimum atomic E-state index is -0.345. The molecule has 1 saturated heterocycles. The van der Waals surface area contributed by atoms with Crippen molar-refractivity contribution < 1.29 is 9.53 Å². The van der Waals surface area contributed by atoms with Gasteiger partial charge in [0.1, 0.15) is 0 Å². The Bertz CT molecular complexity index is 1080. The molecule has 3 aromatic rings. The molecule has 0 aliphatic carbocycles. The Kier molecular flexibility index (Phi) is 5.89. The highest BCUT2D eigenvalue weighted by Crippen LogP contribution is 2.28. The number of fused-ring (bicyclic) bond motifs is 1. The van der Waals surface area contributed by atoms with E-state index in [9.17, 15) is 9.59 Å². The molecule has 2 N–H and O–H groups in total. The lowest BCUT2D eigenvalue weighted by Crippen LogP contribution is -2.44. The molecule has 0 spiro atoms. The predicted molar refractivity (Wildman–Crippen MR) is 111 cm³/mol. The van der Waals surface area contributed by atoms with E-state index in [1.807, 2.05) is 24.3 Å². The van der Waals surface area contributed by atoms with E-state index in [0.717, 1.165) is 18.7 Å². The Morgan fingerprint density at radius 3 is 2.59 bits per heavy atom. The predicted octanol–water partition coefficient (Wildman–Crippen LogP) is 2.38. The first-order chi connectivity index (χ1) is 14.1. The number of aromatic nitrogens is 2. The summed E-state index contributed by atoms with van der Waals surface area (Å²) >= 11 is 6.44. The van der Waals surface area contributed by atoms with Crippen molar-refractivity contribution in [3.8, 4) is 0 Å². The van der Waals surface area contributed by atoms with Gasteiger partial charge in [-0.05, 0) is 17.7 Å². The number of aromatic amines is 1. The van der Waals surface area contributed by atoms with Gasteiger partial charge in [-0.3, -0.25) is 14.5 Å². The zero-order valence-corrected chi connectivity index (χ0v) is 16.5. The topological polar surface area (TPSA) is 87.3 Å². The number of nitrogens with one attached hydrogen (secondary N) is 2. The lowest BCUT2D eigenvalue weighted by molar-refractivity contribution is 0.0162. The van der Waals surface area contributed by atoms with Gasteiger partial charge < -0.3 is 10.1 Å². The molecule has 4 rings (SSSR count). The summed E-state index contributed by atoms with van der Waals surface area (Å²) in [5.74, 6) is -0.345. The Balaban J connectivity index is 1.59. The quantitative estimate of drug-likeness (QED) is 0.671. The van der Waals surface area contributed by atoms with Gasteiger partial charge in [0.2, 0.25) is 0 Å². The molecule has 1 aromatic heterocycles. The van der Waals surface area contributed by atoms with Crippen molar-refractivity contribution in [3.63, 3.8) is 0 Å². The van der Waals surface area contributed by atoms with E-state index in [0.29, 0.717) is 35.6 Å². The first-order valence-electron chi connectivity index (χ1n) is 9.47. The molecule has 7 nitrogen and oxygen atoms in total. The minimum Gasteiger partial charge on any atom is -0.379 e. The molecule has 150 valence electrons. The molecule has 1 amide bonds. The number of nitrogens with zero attached hydrogens (tertiary/aromatic N) is 2. The highest BCUT2D eigenvalue weighted by atomic mass is 35.5. The molecule has 0 radical (unpaired) electrons. The fourth-order valence-corrected chi connectivity index (χ4v) is 3.89. The van der Waals surface area contributed by atoms with Crippen molar-refractivity contribution >= 4 is 28.3 Å². The van der Waals surface area contributed by atoms with Crippen LogP contribution in [0.3, 0.4) is 0 Å². The van der Waals surface area contributed by atoms with Crippen molar-refractivity contribution in [2.24, 2.45) is 0 Å². The van der Waals surface area contributed by atoms with Crippen LogP contribution in [-0.4, -0.2) is 53.9 Å². The number of carbonyl (C=O) groups excluding carboxylic acids is 1. The van der Waals surface area contributed by atoms with E-state index in [1.54, 1.807) is 24.3 Å². The van der Waals surface area contributed by atoms with Crippen molar-refractivity contribution in [1.82, 2.24) is 20.4 Å². The molecule has 0 bridgehead atoms. The van der Waals surface area contributed by atoms with Gasteiger partial charge in [-0.2, -0.15) is 5.10 Å². The number of benzene rings is 2. The van der Waals surface area contributed by atoms with Gasteiger partial charge in [0.25, 0.3) is 11.5 Å². The molecule has 1 atom stereocenters. The second kappa shape index (κ2) is 8.73. The molecular formula is C21H21ClN4O3. The minimum absolute atomic E-state index is 0.0921. The van der Waals surface area contributed by atoms with Crippen molar-refractivity contribution in [2.75, 3.05) is 32.8 Å². The SMILES string of the molecule is O=C(NCC(c1ccccc1Cl)N1CCOCC1)c1n[nH]c(=O)c2ccccc12. The van der Waals surface area contributed by atoms with Crippen LogP contribution in [0.25, 0.3) is 10.8 Å². The second-order valence-electron chi connectivity index (χ2n) is 6.84. The summed E-state index contributed by atoms with van der Waals surface area (Å²) in [6.45, 7) is 3.15. The van der Waals surface area contributed by atoms with Crippen LogP contribution in [0.15, 0.2) is 53.3 Å². The summed E-state index contributed by atoms with van der Waals surface area (Å²) < 4.78 is 5.46. The van der Waals surface area contributed by atoms with Crippen LogP contribution in [0, 0.1) is 0 Å². The summed E-state index contributed by atoms with van der Waals surface area (Å²) in [6, 6.07) is 14.5. The van der Waals surface area contributed by atoms with Gasteiger partial charge in [-0.25, -0.2) is 5.10 Å². The maximum absolute atomic E-state index is 12.9. The smallest absolute Gasteiger partial charge is 0.272 e. The molecule has 8 heteroatoms. The number of rotatable bonds is 5. The maximum Gasteiger partial charge on any atom is 0.272 e. The third-order valence-electron chi connectivity index (χ3n) is 5.12. The Morgan fingerprint density at radius 1 is 1.14 bits per heavy atom. The van der Waals surface area contributed by atoms with Crippen LogP contribution in [0.5, 0.6) is 0 Å². The lowest BCUT2D eigenvalue weighted by Gasteiger charge is -2.35. The highest BCUT2D eigenvalue weighted by Gasteiger charge is 2.25. The van der Waals surface area contributed by atoms with Gasteiger partial charge in [-0.1, -0.05) is 48.0 Å². The zero-order valence-electron chi connectivity index (χ0n) is 15.7. The number of hydrogen-bond donors (Lipinski definition) is 2. The van der Waals surface area contributed by atoms with E-state index in [-0.39, 0.29) is 23.2 Å². The van der Waals surface area contributed by atoms with E-state index in [2.05, 4.69) is 20.4 Å². The van der Waals surface area contributed by atoms with Crippen LogP contribution in [-0.2, 0) is 4.74 Å². The largest absolute Gasteiger partial charge is 0.379 e. The number of amides is 1. The van der Waals surface area contributed by atoms with Gasteiger partial charge in [0.05, 0.1) is 24.6 Å². The number of ether oxygens (including phenoxy) is 1. The van der Waals surface area contributed by atoms with Crippen LogP contribution in [0.1, 0.15) is 22.1 Å². The molecule has 2 aromatic carbocycles. The molecule has 1 unspecified atom stereocenters. The normalized spacial score (nSPS) is 15.9. The number of halogens is 1. The van der Waals surface area contributed by atoms with E-state index in [4.69, 9.17) is 16.3 Å². The summed E-state index contributed by atoms with van der Waals surface area (Å²) in [7, 11) is 0. The average Bonchev–Trinajstić information content (AvgIpc) is 2.76. The molecule has 29 heavy (non-hydrogen) atoms. The van der Waals surface area contributed by atoms with E-state index in [1.165, 1.54) is 0 Å². The van der Waals surface area contributed by atoms with Crippen molar-refractivity contribution in [2.45, 2.75) is 6.04 Å². The summed E-state index contributed by atoms with van der Waals surface area (Å²) in [5.41, 5.74) is 0.829. The molecule has 0 saturated carbocycles. The third-order valence-corrected chi connectivity index (χ3v) is 5.46. The van der Waals surface area contributed by atoms with Gasteiger partial charge in [0, 0.05) is 30.0 Å². The standard InChI is InChI=1S/C21H21ClN4O3/c22-17-8-4-3-7-16(17)18(26-9-11-29-12-10-26)13-23-21(28)19-14-5-1-2-6-15(14)20(27)25-24-19/h1-8,18H,9-13H2,(H,23,28)(H,25,27). The summed E-state index contributed by atoms with van der Waals surface area (Å²) in [6.07, 6.45) is 0. The molecule has 2 heterocycles. The van der Waals surface area contributed by atoms with Gasteiger partial charge >= 0.3 is 0 Å².